The van der Waals surface area contributed by atoms with Gasteiger partial charge in [0.15, 0.2) is 0 Å². The van der Waals surface area contributed by atoms with E-state index >= 15 is 0 Å². The molecule has 0 aliphatic rings. The molecule has 0 fully saturated rings. The lowest BCUT2D eigenvalue weighted by molar-refractivity contribution is 0.128. The van der Waals surface area contributed by atoms with Gasteiger partial charge in [-0.2, -0.15) is 0 Å². The Morgan fingerprint density at radius 1 is 1.19 bits per heavy atom. The van der Waals surface area contributed by atoms with Gasteiger partial charge in [-0.3, -0.25) is 4.90 Å². The maximum absolute atomic E-state index is 6.26. The number of nitrogens with zero attached hydrogens (tertiary/aromatic N) is 2. The molecule has 0 saturated carbocycles. The first-order valence-corrected chi connectivity index (χ1v) is 7.68. The second-order valence-corrected chi connectivity index (χ2v) is 5.18. The van der Waals surface area contributed by atoms with Crippen LogP contribution in [0.1, 0.15) is 19.0 Å². The standard InChI is InChI=1S/C15H26ClN3O2/c1-4-17-15-7-6-13(16)14(18-15)12-19(9-11-21-3)8-5-10-20-2/h6-7H,4-5,8-12H2,1-3H3,(H,17,18). The summed E-state index contributed by atoms with van der Waals surface area (Å²) in [6, 6.07) is 3.80. The van der Waals surface area contributed by atoms with Crippen LogP contribution in [0.4, 0.5) is 5.82 Å². The summed E-state index contributed by atoms with van der Waals surface area (Å²) in [4.78, 5) is 6.87. The topological polar surface area (TPSA) is 46.6 Å². The zero-order chi connectivity index (χ0) is 15.5. The molecule has 0 saturated heterocycles. The van der Waals surface area contributed by atoms with Gasteiger partial charge in [0.1, 0.15) is 5.82 Å². The van der Waals surface area contributed by atoms with Crippen molar-refractivity contribution in [2.45, 2.75) is 19.9 Å². The van der Waals surface area contributed by atoms with E-state index in [0.29, 0.717) is 18.2 Å². The van der Waals surface area contributed by atoms with Crippen molar-refractivity contribution < 1.29 is 9.47 Å². The summed E-state index contributed by atoms with van der Waals surface area (Å²) in [5.41, 5.74) is 0.892. The van der Waals surface area contributed by atoms with Gasteiger partial charge in [0.05, 0.1) is 17.3 Å². The number of nitrogens with one attached hydrogen (secondary N) is 1. The zero-order valence-electron chi connectivity index (χ0n) is 13.2. The average Bonchev–Trinajstić information content (AvgIpc) is 2.48. The minimum atomic E-state index is 0.692. The first-order valence-electron chi connectivity index (χ1n) is 7.30. The molecule has 1 aromatic rings. The molecule has 0 atom stereocenters. The Bertz CT molecular complexity index is 405. The van der Waals surface area contributed by atoms with Gasteiger partial charge in [-0.25, -0.2) is 4.98 Å². The first-order chi connectivity index (χ1) is 10.2. The molecule has 21 heavy (non-hydrogen) atoms. The Morgan fingerprint density at radius 3 is 2.62 bits per heavy atom. The van der Waals surface area contributed by atoms with Crippen LogP contribution in [0.15, 0.2) is 12.1 Å². The van der Waals surface area contributed by atoms with Crippen LogP contribution >= 0.6 is 11.6 Å². The lowest BCUT2D eigenvalue weighted by atomic mass is 10.3. The van der Waals surface area contributed by atoms with E-state index in [4.69, 9.17) is 21.1 Å². The van der Waals surface area contributed by atoms with Crippen molar-refractivity contribution in [2.75, 3.05) is 52.4 Å². The number of methoxy groups -OCH3 is 2. The maximum atomic E-state index is 6.26. The number of aromatic nitrogens is 1. The van der Waals surface area contributed by atoms with E-state index in [9.17, 15) is 0 Å². The van der Waals surface area contributed by atoms with Gasteiger partial charge in [-0.15, -0.1) is 0 Å². The number of halogens is 1. The highest BCUT2D eigenvalue weighted by Crippen LogP contribution is 2.18. The fraction of sp³-hybridized carbons (Fsp3) is 0.667. The van der Waals surface area contributed by atoms with Gasteiger partial charge in [-0.1, -0.05) is 11.6 Å². The smallest absolute Gasteiger partial charge is 0.126 e. The molecule has 5 nitrogen and oxygen atoms in total. The molecule has 0 aromatic carbocycles. The van der Waals surface area contributed by atoms with Crippen molar-refractivity contribution in [3.05, 3.63) is 22.8 Å². The molecule has 0 spiro atoms. The van der Waals surface area contributed by atoms with Gasteiger partial charge < -0.3 is 14.8 Å². The molecular weight excluding hydrogens is 290 g/mol. The lowest BCUT2D eigenvalue weighted by Gasteiger charge is -2.22. The van der Waals surface area contributed by atoms with Crippen LogP contribution in [0.3, 0.4) is 0 Å². The molecule has 1 aromatic heterocycles. The molecule has 0 aliphatic carbocycles. The van der Waals surface area contributed by atoms with Crippen LogP contribution in [-0.2, 0) is 16.0 Å². The molecule has 0 bridgehead atoms. The van der Waals surface area contributed by atoms with Crippen molar-refractivity contribution in [1.29, 1.82) is 0 Å². The quantitative estimate of drug-likeness (QED) is 0.636. The van der Waals surface area contributed by atoms with Crippen LogP contribution < -0.4 is 5.32 Å². The first kappa shape index (κ1) is 18.2. The van der Waals surface area contributed by atoms with E-state index in [1.54, 1.807) is 14.2 Å². The predicted molar refractivity (Wildman–Crippen MR) is 87.1 cm³/mol. The molecule has 1 rings (SSSR count). The number of pyridine rings is 1. The van der Waals surface area contributed by atoms with E-state index in [2.05, 4.69) is 15.2 Å². The van der Waals surface area contributed by atoms with E-state index in [1.807, 2.05) is 19.1 Å². The number of rotatable bonds is 11. The molecule has 120 valence electrons. The normalized spacial score (nSPS) is 11.1. The highest BCUT2D eigenvalue weighted by atomic mass is 35.5. The van der Waals surface area contributed by atoms with Gasteiger partial charge in [0, 0.05) is 47.0 Å². The highest BCUT2D eigenvalue weighted by molar-refractivity contribution is 6.31. The minimum absolute atomic E-state index is 0.692. The molecular formula is C15H26ClN3O2. The van der Waals surface area contributed by atoms with Crippen molar-refractivity contribution in [3.8, 4) is 0 Å². The number of hydrogen-bond donors (Lipinski definition) is 1. The number of anilines is 1. The summed E-state index contributed by atoms with van der Waals surface area (Å²) in [5, 5.41) is 3.91. The number of hydrogen-bond acceptors (Lipinski definition) is 5. The molecule has 0 aliphatic heterocycles. The van der Waals surface area contributed by atoms with Crippen molar-refractivity contribution in [1.82, 2.24) is 9.88 Å². The Hall–Kier alpha value is -0.880. The summed E-state index contributed by atoms with van der Waals surface area (Å²) in [6.07, 6.45) is 0.977. The fourth-order valence-electron chi connectivity index (χ4n) is 2.01. The van der Waals surface area contributed by atoms with Crippen LogP contribution in [0.5, 0.6) is 0 Å². The SMILES string of the molecule is CCNc1ccc(Cl)c(CN(CCCOC)CCOC)n1. The van der Waals surface area contributed by atoms with Crippen molar-refractivity contribution >= 4 is 17.4 Å². The van der Waals surface area contributed by atoms with E-state index < -0.39 is 0 Å². The maximum Gasteiger partial charge on any atom is 0.126 e. The fourth-order valence-corrected chi connectivity index (χ4v) is 2.17. The predicted octanol–water partition coefficient (Wildman–Crippen LogP) is 2.65. The minimum Gasteiger partial charge on any atom is -0.385 e. The monoisotopic (exact) mass is 315 g/mol. The van der Waals surface area contributed by atoms with Crippen LogP contribution in [0, 0.1) is 0 Å². The Labute approximate surface area is 132 Å². The average molecular weight is 316 g/mol. The Kier molecular flexibility index (Phi) is 9.34. The largest absolute Gasteiger partial charge is 0.385 e. The van der Waals surface area contributed by atoms with Gasteiger partial charge in [0.25, 0.3) is 0 Å². The van der Waals surface area contributed by atoms with Crippen LogP contribution in [-0.4, -0.2) is 57.0 Å². The van der Waals surface area contributed by atoms with Crippen LogP contribution in [0.25, 0.3) is 0 Å². The summed E-state index contributed by atoms with van der Waals surface area (Å²) < 4.78 is 10.3. The summed E-state index contributed by atoms with van der Waals surface area (Å²) in [7, 11) is 3.43. The molecule has 0 amide bonds. The second kappa shape index (κ2) is 10.8. The third-order valence-corrected chi connectivity index (χ3v) is 3.43. The zero-order valence-corrected chi connectivity index (χ0v) is 13.9. The molecule has 6 heteroatoms. The van der Waals surface area contributed by atoms with E-state index in [-0.39, 0.29) is 0 Å². The van der Waals surface area contributed by atoms with Gasteiger partial charge in [0.2, 0.25) is 0 Å². The summed E-state index contributed by atoms with van der Waals surface area (Å²) >= 11 is 6.26. The number of ether oxygens (including phenoxy) is 2. The molecule has 0 radical (unpaired) electrons. The second-order valence-electron chi connectivity index (χ2n) is 4.77. The van der Waals surface area contributed by atoms with Crippen molar-refractivity contribution in [3.63, 3.8) is 0 Å². The third-order valence-electron chi connectivity index (χ3n) is 3.08. The summed E-state index contributed by atoms with van der Waals surface area (Å²) in [5.74, 6) is 0.862. The van der Waals surface area contributed by atoms with Gasteiger partial charge in [-0.05, 0) is 25.5 Å². The molecule has 1 N–H and O–H groups in total. The molecule has 1 heterocycles. The van der Waals surface area contributed by atoms with Crippen molar-refractivity contribution in [2.24, 2.45) is 0 Å². The lowest BCUT2D eigenvalue weighted by Crippen LogP contribution is -2.29. The Balaban J connectivity index is 2.68. The molecule has 0 unspecified atom stereocenters. The third kappa shape index (κ3) is 7.09. The summed E-state index contributed by atoms with van der Waals surface area (Å²) in [6.45, 7) is 6.83. The van der Waals surface area contributed by atoms with E-state index in [1.165, 1.54) is 0 Å². The van der Waals surface area contributed by atoms with Crippen LogP contribution in [0.2, 0.25) is 5.02 Å². The highest BCUT2D eigenvalue weighted by Gasteiger charge is 2.10. The van der Waals surface area contributed by atoms with Gasteiger partial charge >= 0.3 is 0 Å². The Morgan fingerprint density at radius 2 is 1.95 bits per heavy atom. The van der Waals surface area contributed by atoms with E-state index in [0.717, 1.165) is 44.2 Å².